The summed E-state index contributed by atoms with van der Waals surface area (Å²) in [6, 6.07) is 11.3. The maximum atomic E-state index is 12.5. The van der Waals surface area contributed by atoms with E-state index in [1.54, 1.807) is 0 Å². The number of fused-ring (bicyclic) bond motifs is 1. The number of thioether (sulfide) groups is 1. The van der Waals surface area contributed by atoms with Crippen LogP contribution in [0.5, 0.6) is 11.5 Å². The highest BCUT2D eigenvalue weighted by atomic mass is 35.5. The van der Waals surface area contributed by atoms with Crippen molar-refractivity contribution in [2.45, 2.75) is 30.0 Å². The van der Waals surface area contributed by atoms with Gasteiger partial charge in [-0.2, -0.15) is 0 Å². The van der Waals surface area contributed by atoms with Gasteiger partial charge < -0.3 is 20.1 Å². The molecule has 1 atom stereocenters. The molecule has 1 aromatic heterocycles. The molecule has 1 aliphatic rings. The zero-order valence-corrected chi connectivity index (χ0v) is 18.7. The molecular weight excluding hydrogens is 444 g/mol. The van der Waals surface area contributed by atoms with Crippen molar-refractivity contribution in [1.29, 1.82) is 0 Å². The first kappa shape index (κ1) is 20.8. The summed E-state index contributed by atoms with van der Waals surface area (Å²) in [5.74, 6) is 1.35. The van der Waals surface area contributed by atoms with Gasteiger partial charge in [0.2, 0.25) is 17.8 Å². The molecule has 10 heteroatoms. The first-order chi connectivity index (χ1) is 14.5. The number of amides is 1. The summed E-state index contributed by atoms with van der Waals surface area (Å²) in [6.07, 6.45) is 0. The minimum Gasteiger partial charge on any atom is -0.454 e. The Morgan fingerprint density at radius 3 is 2.90 bits per heavy atom. The van der Waals surface area contributed by atoms with Crippen molar-refractivity contribution in [2.75, 3.05) is 12.1 Å². The smallest absolute Gasteiger partial charge is 0.233 e. The number of nitrogens with one attached hydrogen (secondary N) is 2. The number of ether oxygens (including phenoxy) is 2. The molecule has 7 nitrogen and oxygen atoms in total. The maximum absolute atomic E-state index is 12.5. The van der Waals surface area contributed by atoms with Gasteiger partial charge in [0.05, 0.1) is 5.25 Å². The molecule has 0 aliphatic carbocycles. The van der Waals surface area contributed by atoms with E-state index in [-0.39, 0.29) is 18.0 Å². The van der Waals surface area contributed by atoms with Crippen LogP contribution in [-0.4, -0.2) is 28.1 Å². The molecule has 0 spiro atoms. The molecule has 2 aromatic carbocycles. The second-order valence-electron chi connectivity index (χ2n) is 6.63. The van der Waals surface area contributed by atoms with Gasteiger partial charge in [0.1, 0.15) is 0 Å². The van der Waals surface area contributed by atoms with Crippen molar-refractivity contribution in [3.8, 4) is 11.5 Å². The second-order valence-corrected chi connectivity index (χ2v) is 9.60. The summed E-state index contributed by atoms with van der Waals surface area (Å²) in [7, 11) is 0. The van der Waals surface area contributed by atoms with E-state index in [1.165, 1.54) is 23.1 Å². The lowest BCUT2D eigenvalue weighted by Gasteiger charge is -2.10. The van der Waals surface area contributed by atoms with Gasteiger partial charge in [-0.25, -0.2) is 0 Å². The molecule has 0 fully saturated rings. The number of halogens is 1. The van der Waals surface area contributed by atoms with Crippen molar-refractivity contribution in [3.05, 3.63) is 52.5 Å². The number of hydrogen-bond acceptors (Lipinski definition) is 8. The molecule has 0 saturated heterocycles. The van der Waals surface area contributed by atoms with Gasteiger partial charge in [0, 0.05) is 17.3 Å². The van der Waals surface area contributed by atoms with Gasteiger partial charge in [-0.05, 0) is 49.2 Å². The third kappa shape index (κ3) is 4.97. The second kappa shape index (κ2) is 9.11. The minimum atomic E-state index is -0.311. The number of aryl methyl sites for hydroxylation is 1. The summed E-state index contributed by atoms with van der Waals surface area (Å²) in [6.45, 7) is 4.44. The van der Waals surface area contributed by atoms with E-state index < -0.39 is 0 Å². The van der Waals surface area contributed by atoms with Crippen LogP contribution in [0.2, 0.25) is 5.02 Å². The monoisotopic (exact) mass is 462 g/mol. The zero-order chi connectivity index (χ0) is 21.1. The van der Waals surface area contributed by atoms with Gasteiger partial charge in [0.25, 0.3) is 0 Å². The van der Waals surface area contributed by atoms with E-state index in [4.69, 9.17) is 21.1 Å². The van der Waals surface area contributed by atoms with Crippen LogP contribution in [0.15, 0.2) is 40.7 Å². The SMILES string of the molecule is Cc1ccc(Nc2nnc(SC(C)C(=O)NCc3ccc4c(c3)OCO4)s2)cc1Cl. The number of anilines is 2. The Balaban J connectivity index is 1.29. The number of benzene rings is 2. The van der Waals surface area contributed by atoms with Crippen molar-refractivity contribution < 1.29 is 14.3 Å². The number of nitrogens with zero attached hydrogens (tertiary/aromatic N) is 2. The summed E-state index contributed by atoms with van der Waals surface area (Å²) in [5, 5.41) is 15.4. The topological polar surface area (TPSA) is 85.4 Å². The molecule has 156 valence electrons. The van der Waals surface area contributed by atoms with Gasteiger partial charge in [-0.15, -0.1) is 10.2 Å². The molecule has 2 N–H and O–H groups in total. The van der Waals surface area contributed by atoms with Crippen LogP contribution < -0.4 is 20.1 Å². The van der Waals surface area contributed by atoms with Crippen molar-refractivity contribution >= 4 is 51.4 Å². The Kier molecular flexibility index (Phi) is 6.31. The third-order valence-electron chi connectivity index (χ3n) is 4.38. The zero-order valence-electron chi connectivity index (χ0n) is 16.3. The highest BCUT2D eigenvalue weighted by Crippen LogP contribution is 2.33. The number of carbonyl (C=O) groups excluding carboxylic acids is 1. The van der Waals surface area contributed by atoms with Crippen LogP contribution in [0, 0.1) is 6.92 Å². The van der Waals surface area contributed by atoms with Crippen LogP contribution in [0.1, 0.15) is 18.1 Å². The van der Waals surface area contributed by atoms with E-state index in [2.05, 4.69) is 20.8 Å². The van der Waals surface area contributed by atoms with Crippen LogP contribution in [0.3, 0.4) is 0 Å². The van der Waals surface area contributed by atoms with Crippen LogP contribution in [-0.2, 0) is 11.3 Å². The minimum absolute atomic E-state index is 0.0762. The lowest BCUT2D eigenvalue weighted by atomic mass is 10.2. The molecule has 4 rings (SSSR count). The van der Waals surface area contributed by atoms with Gasteiger partial charge in [-0.1, -0.05) is 46.8 Å². The van der Waals surface area contributed by atoms with Gasteiger partial charge in [-0.3, -0.25) is 4.79 Å². The molecule has 2 heterocycles. The average Bonchev–Trinajstić information content (AvgIpc) is 3.37. The van der Waals surface area contributed by atoms with Crippen LogP contribution in [0.25, 0.3) is 0 Å². The van der Waals surface area contributed by atoms with E-state index in [1.807, 2.05) is 50.2 Å². The van der Waals surface area contributed by atoms with E-state index in [0.29, 0.717) is 26.8 Å². The highest BCUT2D eigenvalue weighted by Gasteiger charge is 2.18. The normalized spacial score (nSPS) is 13.2. The first-order valence-electron chi connectivity index (χ1n) is 9.17. The number of hydrogen-bond donors (Lipinski definition) is 2. The lowest BCUT2D eigenvalue weighted by Crippen LogP contribution is -2.30. The summed E-state index contributed by atoms with van der Waals surface area (Å²) in [5.41, 5.74) is 2.80. The van der Waals surface area contributed by atoms with Crippen molar-refractivity contribution in [3.63, 3.8) is 0 Å². The van der Waals surface area contributed by atoms with E-state index in [0.717, 1.165) is 22.6 Å². The molecule has 30 heavy (non-hydrogen) atoms. The standard InChI is InChI=1S/C20H19ClN4O3S2/c1-11-3-5-14(8-15(11)21)23-19-24-25-20(30-19)29-12(2)18(26)22-9-13-4-6-16-17(7-13)28-10-27-16/h3-8,12H,9-10H2,1-2H3,(H,22,26)(H,23,24). The van der Waals surface area contributed by atoms with Crippen LogP contribution in [0.4, 0.5) is 10.8 Å². The molecule has 1 unspecified atom stereocenters. The Hall–Kier alpha value is -2.49. The Labute approximate surface area is 187 Å². The lowest BCUT2D eigenvalue weighted by molar-refractivity contribution is -0.120. The van der Waals surface area contributed by atoms with Crippen molar-refractivity contribution in [1.82, 2.24) is 15.5 Å². The fraction of sp³-hybridized carbons (Fsp3) is 0.250. The van der Waals surface area contributed by atoms with Gasteiger partial charge in [0.15, 0.2) is 15.8 Å². The Morgan fingerprint density at radius 1 is 1.23 bits per heavy atom. The maximum Gasteiger partial charge on any atom is 0.233 e. The third-order valence-corrected chi connectivity index (χ3v) is 6.81. The predicted molar refractivity (Wildman–Crippen MR) is 119 cm³/mol. The fourth-order valence-electron chi connectivity index (χ4n) is 2.69. The number of carbonyl (C=O) groups is 1. The Morgan fingerprint density at radius 2 is 2.07 bits per heavy atom. The van der Waals surface area contributed by atoms with E-state index >= 15 is 0 Å². The van der Waals surface area contributed by atoms with E-state index in [9.17, 15) is 4.79 Å². The highest BCUT2D eigenvalue weighted by molar-refractivity contribution is 8.02. The predicted octanol–water partition coefficient (Wildman–Crippen LogP) is 4.77. The molecule has 1 amide bonds. The number of rotatable bonds is 7. The molecule has 0 saturated carbocycles. The van der Waals surface area contributed by atoms with Crippen LogP contribution >= 0.6 is 34.7 Å². The Bertz CT molecular complexity index is 1080. The van der Waals surface area contributed by atoms with Crippen molar-refractivity contribution in [2.24, 2.45) is 0 Å². The molecule has 0 radical (unpaired) electrons. The summed E-state index contributed by atoms with van der Waals surface area (Å²) in [4.78, 5) is 12.5. The fourth-order valence-corrected chi connectivity index (χ4v) is 4.81. The molecule has 0 bridgehead atoms. The molecule has 1 aliphatic heterocycles. The molecule has 3 aromatic rings. The average molecular weight is 463 g/mol. The first-order valence-corrected chi connectivity index (χ1v) is 11.2. The summed E-state index contributed by atoms with van der Waals surface area (Å²) < 4.78 is 11.4. The number of aromatic nitrogens is 2. The quantitative estimate of drug-likeness (QED) is 0.489. The summed E-state index contributed by atoms with van der Waals surface area (Å²) >= 11 is 8.91. The largest absolute Gasteiger partial charge is 0.454 e. The van der Waals surface area contributed by atoms with Gasteiger partial charge >= 0.3 is 0 Å². The molecular formula is C20H19ClN4O3S2.